The number of aryl methyl sites for hydroxylation is 2. The smallest absolute Gasteiger partial charge is 0.257 e. The van der Waals surface area contributed by atoms with Crippen molar-refractivity contribution in [2.45, 2.75) is 46.6 Å². The van der Waals surface area contributed by atoms with E-state index in [0.717, 1.165) is 6.42 Å². The number of hydrogen-bond donors (Lipinski definition) is 1. The third-order valence-electron chi connectivity index (χ3n) is 4.31. The van der Waals surface area contributed by atoms with Crippen LogP contribution in [-0.4, -0.2) is 35.8 Å². The molecule has 0 spiro atoms. The Labute approximate surface area is 155 Å². The van der Waals surface area contributed by atoms with Crippen molar-refractivity contribution in [3.05, 3.63) is 59.0 Å². The minimum atomic E-state index is -0.0913. The maximum Gasteiger partial charge on any atom is 0.257 e. The molecule has 0 saturated heterocycles. The number of hydrogen-bond acceptors (Lipinski definition) is 3. The molecule has 0 radical (unpaired) electrons. The lowest BCUT2D eigenvalue weighted by Crippen LogP contribution is -2.40. The summed E-state index contributed by atoms with van der Waals surface area (Å²) in [6, 6.07) is 11.8. The number of benzene rings is 1. The van der Waals surface area contributed by atoms with E-state index in [1.807, 2.05) is 51.1 Å². The summed E-state index contributed by atoms with van der Waals surface area (Å²) >= 11 is 0. The molecule has 1 aromatic heterocycles. The van der Waals surface area contributed by atoms with Crippen LogP contribution in [0.2, 0.25) is 0 Å². The molecule has 0 aliphatic carbocycles. The fraction of sp³-hybridized carbons (Fsp3) is 0.429. The highest BCUT2D eigenvalue weighted by Crippen LogP contribution is 2.17. The number of nitrogens with zero attached hydrogens (tertiary/aromatic N) is 1. The van der Waals surface area contributed by atoms with Gasteiger partial charge < -0.3 is 14.6 Å². The molecule has 0 atom stereocenters. The quantitative estimate of drug-likeness (QED) is 0.787. The molecule has 5 nitrogen and oxygen atoms in total. The summed E-state index contributed by atoms with van der Waals surface area (Å²) in [5.41, 5.74) is 1.76. The van der Waals surface area contributed by atoms with Crippen molar-refractivity contribution in [3.8, 4) is 0 Å². The molecule has 5 heteroatoms. The van der Waals surface area contributed by atoms with Gasteiger partial charge in [0, 0.05) is 25.6 Å². The van der Waals surface area contributed by atoms with E-state index >= 15 is 0 Å². The predicted molar refractivity (Wildman–Crippen MR) is 102 cm³/mol. The van der Waals surface area contributed by atoms with Gasteiger partial charge in [0.05, 0.1) is 5.56 Å². The summed E-state index contributed by atoms with van der Waals surface area (Å²) in [6.07, 6.45) is 1.08. The monoisotopic (exact) mass is 356 g/mol. The van der Waals surface area contributed by atoms with Gasteiger partial charge in [0.25, 0.3) is 5.91 Å². The van der Waals surface area contributed by atoms with Crippen LogP contribution in [0.1, 0.15) is 47.7 Å². The van der Waals surface area contributed by atoms with Gasteiger partial charge in [-0.15, -0.1) is 0 Å². The SMILES string of the molecule is Cc1cc(C(=O)N(CCC(=O)NCCc2ccccc2)C(C)C)c(C)o1. The molecule has 0 saturated carbocycles. The van der Waals surface area contributed by atoms with Crippen molar-refractivity contribution in [1.29, 1.82) is 0 Å². The molecule has 2 rings (SSSR count). The second kappa shape index (κ2) is 9.22. The predicted octanol–water partition coefficient (Wildman–Crippen LogP) is 3.50. The standard InChI is InChI=1S/C21H28N2O3/c1-15(2)23(21(25)19-14-16(3)26-17(19)4)13-11-20(24)22-12-10-18-8-6-5-7-9-18/h5-9,14-15H,10-13H2,1-4H3,(H,22,24). The van der Waals surface area contributed by atoms with Gasteiger partial charge in [0.15, 0.2) is 0 Å². The molecule has 1 N–H and O–H groups in total. The Morgan fingerprint density at radius 3 is 2.42 bits per heavy atom. The van der Waals surface area contributed by atoms with Crippen LogP contribution >= 0.6 is 0 Å². The Balaban J connectivity index is 1.85. The molecular weight excluding hydrogens is 328 g/mol. The van der Waals surface area contributed by atoms with Gasteiger partial charge in [-0.2, -0.15) is 0 Å². The lowest BCUT2D eigenvalue weighted by molar-refractivity contribution is -0.121. The first-order valence-electron chi connectivity index (χ1n) is 9.07. The molecule has 0 aliphatic heterocycles. The molecule has 1 heterocycles. The number of furan rings is 1. The van der Waals surface area contributed by atoms with E-state index in [-0.39, 0.29) is 24.3 Å². The first kappa shape index (κ1) is 19.8. The minimum Gasteiger partial charge on any atom is -0.466 e. The van der Waals surface area contributed by atoms with Crippen LogP contribution in [0.5, 0.6) is 0 Å². The third-order valence-corrected chi connectivity index (χ3v) is 4.31. The summed E-state index contributed by atoms with van der Waals surface area (Å²) in [4.78, 5) is 26.6. The van der Waals surface area contributed by atoms with Gasteiger partial charge in [-0.05, 0) is 45.7 Å². The average molecular weight is 356 g/mol. The van der Waals surface area contributed by atoms with Crippen LogP contribution in [0.4, 0.5) is 0 Å². The number of amides is 2. The Morgan fingerprint density at radius 2 is 1.85 bits per heavy atom. The van der Waals surface area contributed by atoms with Crippen LogP contribution in [0.25, 0.3) is 0 Å². The highest BCUT2D eigenvalue weighted by molar-refractivity contribution is 5.95. The van der Waals surface area contributed by atoms with Crippen LogP contribution < -0.4 is 5.32 Å². The van der Waals surface area contributed by atoms with Crippen molar-refractivity contribution >= 4 is 11.8 Å². The Bertz CT molecular complexity index is 735. The van der Waals surface area contributed by atoms with E-state index in [1.165, 1.54) is 5.56 Å². The molecule has 2 amide bonds. The molecule has 0 bridgehead atoms. The van der Waals surface area contributed by atoms with Gasteiger partial charge in [0.2, 0.25) is 5.91 Å². The summed E-state index contributed by atoms with van der Waals surface area (Å²) in [6.45, 7) is 8.50. The Kier molecular flexibility index (Phi) is 7.01. The molecule has 0 unspecified atom stereocenters. The molecule has 2 aromatic rings. The summed E-state index contributed by atoms with van der Waals surface area (Å²) in [7, 11) is 0. The fourth-order valence-corrected chi connectivity index (χ4v) is 2.89. The highest BCUT2D eigenvalue weighted by Gasteiger charge is 2.23. The lowest BCUT2D eigenvalue weighted by Gasteiger charge is -2.26. The van der Waals surface area contributed by atoms with E-state index < -0.39 is 0 Å². The zero-order chi connectivity index (χ0) is 19.1. The van der Waals surface area contributed by atoms with Gasteiger partial charge >= 0.3 is 0 Å². The third kappa shape index (κ3) is 5.48. The van der Waals surface area contributed by atoms with E-state index in [4.69, 9.17) is 4.42 Å². The first-order valence-corrected chi connectivity index (χ1v) is 9.07. The van der Waals surface area contributed by atoms with E-state index in [9.17, 15) is 9.59 Å². The van der Waals surface area contributed by atoms with Crippen LogP contribution in [0.3, 0.4) is 0 Å². The topological polar surface area (TPSA) is 62.6 Å². The molecule has 140 valence electrons. The van der Waals surface area contributed by atoms with Crippen LogP contribution in [-0.2, 0) is 11.2 Å². The van der Waals surface area contributed by atoms with Crippen molar-refractivity contribution in [2.75, 3.05) is 13.1 Å². The molecule has 1 aromatic carbocycles. The zero-order valence-electron chi connectivity index (χ0n) is 16.0. The van der Waals surface area contributed by atoms with Crippen molar-refractivity contribution < 1.29 is 14.0 Å². The van der Waals surface area contributed by atoms with Crippen molar-refractivity contribution in [2.24, 2.45) is 0 Å². The number of rotatable bonds is 8. The maximum atomic E-state index is 12.8. The summed E-state index contributed by atoms with van der Waals surface area (Å²) in [5.74, 6) is 1.20. The first-order chi connectivity index (χ1) is 12.4. The molecule has 26 heavy (non-hydrogen) atoms. The highest BCUT2D eigenvalue weighted by atomic mass is 16.3. The lowest BCUT2D eigenvalue weighted by atomic mass is 10.1. The maximum absolute atomic E-state index is 12.8. The van der Waals surface area contributed by atoms with Crippen LogP contribution in [0, 0.1) is 13.8 Å². The number of carbonyl (C=O) groups is 2. The minimum absolute atomic E-state index is 0.00854. The summed E-state index contributed by atoms with van der Waals surface area (Å²) < 4.78 is 5.46. The fourth-order valence-electron chi connectivity index (χ4n) is 2.89. The van der Waals surface area contributed by atoms with Gasteiger partial charge in [-0.1, -0.05) is 30.3 Å². The van der Waals surface area contributed by atoms with Gasteiger partial charge in [-0.3, -0.25) is 9.59 Å². The average Bonchev–Trinajstić information content (AvgIpc) is 2.94. The Hall–Kier alpha value is -2.56. The second-order valence-corrected chi connectivity index (χ2v) is 6.75. The number of carbonyl (C=O) groups excluding carboxylic acids is 2. The van der Waals surface area contributed by atoms with Gasteiger partial charge in [-0.25, -0.2) is 0 Å². The normalized spacial score (nSPS) is 10.8. The van der Waals surface area contributed by atoms with E-state index in [2.05, 4.69) is 5.32 Å². The second-order valence-electron chi connectivity index (χ2n) is 6.75. The van der Waals surface area contributed by atoms with Crippen molar-refractivity contribution in [3.63, 3.8) is 0 Å². The molecule has 0 aliphatic rings. The van der Waals surface area contributed by atoms with Gasteiger partial charge in [0.1, 0.15) is 11.5 Å². The van der Waals surface area contributed by atoms with Crippen molar-refractivity contribution in [1.82, 2.24) is 10.2 Å². The molecular formula is C21H28N2O3. The summed E-state index contributed by atoms with van der Waals surface area (Å²) in [5, 5.41) is 2.92. The Morgan fingerprint density at radius 1 is 1.15 bits per heavy atom. The van der Waals surface area contributed by atoms with E-state index in [0.29, 0.717) is 30.2 Å². The largest absolute Gasteiger partial charge is 0.466 e. The molecule has 0 fully saturated rings. The number of nitrogens with one attached hydrogen (secondary N) is 1. The zero-order valence-corrected chi connectivity index (χ0v) is 16.0. The van der Waals surface area contributed by atoms with Crippen LogP contribution in [0.15, 0.2) is 40.8 Å². The van der Waals surface area contributed by atoms with E-state index in [1.54, 1.807) is 17.9 Å².